The van der Waals surface area contributed by atoms with Crippen molar-refractivity contribution < 1.29 is 4.39 Å². The lowest BCUT2D eigenvalue weighted by Crippen LogP contribution is -2.44. The van der Waals surface area contributed by atoms with Gasteiger partial charge in [0.25, 0.3) is 0 Å². The summed E-state index contributed by atoms with van der Waals surface area (Å²) in [7, 11) is 1.93. The zero-order valence-electron chi connectivity index (χ0n) is 19.5. The number of aryl methyl sites for hydroxylation is 2. The van der Waals surface area contributed by atoms with Gasteiger partial charge in [-0.2, -0.15) is 5.26 Å². The number of anilines is 3. The number of nitrogens with one attached hydrogen (secondary N) is 1. The molecule has 1 aliphatic heterocycles. The van der Waals surface area contributed by atoms with E-state index in [2.05, 4.69) is 16.3 Å². The summed E-state index contributed by atoms with van der Waals surface area (Å²) in [5.41, 5.74) is 4.72. The molecule has 5 rings (SSSR count). The van der Waals surface area contributed by atoms with Crippen LogP contribution in [0.2, 0.25) is 0 Å². The highest BCUT2D eigenvalue weighted by Gasteiger charge is 2.24. The van der Waals surface area contributed by atoms with Gasteiger partial charge in [-0.05, 0) is 13.3 Å². The highest BCUT2D eigenvalue weighted by Crippen LogP contribution is 2.37. The van der Waals surface area contributed by atoms with Gasteiger partial charge < -0.3 is 15.1 Å². The minimum absolute atomic E-state index is 0.265. The summed E-state index contributed by atoms with van der Waals surface area (Å²) in [5.74, 6) is 0.571. The molecule has 34 heavy (non-hydrogen) atoms. The Balaban J connectivity index is 1.61. The molecule has 0 amide bonds. The second kappa shape index (κ2) is 9.05. The van der Waals surface area contributed by atoms with Crippen LogP contribution < -0.4 is 15.1 Å². The lowest BCUT2D eigenvalue weighted by Gasteiger charge is -2.30. The van der Waals surface area contributed by atoms with Crippen LogP contribution in [-0.4, -0.2) is 47.6 Å². The summed E-state index contributed by atoms with van der Waals surface area (Å²) >= 11 is 1.35. The number of pyridine rings is 1. The van der Waals surface area contributed by atoms with E-state index in [1.807, 2.05) is 60.7 Å². The van der Waals surface area contributed by atoms with E-state index in [-0.39, 0.29) is 5.82 Å². The number of halogens is 1. The van der Waals surface area contributed by atoms with Gasteiger partial charge in [0, 0.05) is 51.1 Å². The number of nitrogens with zero attached hydrogens (tertiary/aromatic N) is 6. The molecule has 7 nitrogen and oxygen atoms in total. The molecule has 0 aliphatic carbocycles. The Morgan fingerprint density at radius 3 is 2.62 bits per heavy atom. The van der Waals surface area contributed by atoms with Gasteiger partial charge in [-0.15, -0.1) is 0 Å². The summed E-state index contributed by atoms with van der Waals surface area (Å²) in [6, 6.07) is 11.8. The molecule has 0 atom stereocenters. The van der Waals surface area contributed by atoms with E-state index in [1.54, 1.807) is 0 Å². The number of nitriles is 1. The summed E-state index contributed by atoms with van der Waals surface area (Å²) < 4.78 is 17.0. The third-order valence-corrected chi connectivity index (χ3v) is 7.21. The monoisotopic (exact) mass is 475 g/mol. The van der Waals surface area contributed by atoms with Gasteiger partial charge in [0.1, 0.15) is 28.1 Å². The predicted molar refractivity (Wildman–Crippen MR) is 135 cm³/mol. The van der Waals surface area contributed by atoms with Gasteiger partial charge in [0.15, 0.2) is 10.9 Å². The molecule has 1 saturated heterocycles. The molecule has 1 aliphatic rings. The average molecular weight is 476 g/mol. The molecule has 9 heteroatoms. The normalized spacial score (nSPS) is 13.9. The number of piperazine rings is 1. The molecule has 3 aromatic heterocycles. The van der Waals surface area contributed by atoms with E-state index in [0.717, 1.165) is 48.8 Å². The van der Waals surface area contributed by atoms with E-state index in [0.29, 0.717) is 33.5 Å². The van der Waals surface area contributed by atoms with Crippen LogP contribution in [-0.2, 0) is 6.42 Å². The van der Waals surface area contributed by atoms with Gasteiger partial charge in [-0.1, -0.05) is 48.1 Å². The first kappa shape index (κ1) is 22.3. The molecule has 0 spiro atoms. The van der Waals surface area contributed by atoms with Crippen molar-refractivity contribution in [2.75, 3.05) is 43.0 Å². The number of imidazole rings is 1. The van der Waals surface area contributed by atoms with Crippen LogP contribution in [0.25, 0.3) is 16.9 Å². The minimum Gasteiger partial charge on any atom is -0.365 e. The van der Waals surface area contributed by atoms with Crippen LogP contribution in [0.4, 0.5) is 21.0 Å². The first-order valence-corrected chi connectivity index (χ1v) is 12.2. The van der Waals surface area contributed by atoms with E-state index in [9.17, 15) is 5.26 Å². The lowest BCUT2D eigenvalue weighted by molar-refractivity contribution is 0.565. The molecular formula is C25H26FN7S. The van der Waals surface area contributed by atoms with Crippen molar-refractivity contribution >= 4 is 33.6 Å². The summed E-state index contributed by atoms with van der Waals surface area (Å²) in [4.78, 5) is 14.1. The number of aromatic nitrogens is 3. The molecule has 0 radical (unpaired) electrons. The second-order valence-electron chi connectivity index (χ2n) is 8.42. The van der Waals surface area contributed by atoms with Crippen LogP contribution in [0.1, 0.15) is 23.1 Å². The number of benzene rings is 1. The smallest absolute Gasteiger partial charge is 0.192 e. The summed E-state index contributed by atoms with van der Waals surface area (Å²) in [6.07, 6.45) is 2.53. The fourth-order valence-corrected chi connectivity index (χ4v) is 5.20. The van der Waals surface area contributed by atoms with E-state index in [1.165, 1.54) is 17.4 Å². The standard InChI is InChI=1S/C25H26FN7S/c1-4-19-24(33-15-20(18(26)13-22(33)29-19)32-11-9-28-10-12-32)31(3)25-30-23(21(14-27)34-25)17-7-5-16(2)6-8-17/h5-8,13,15,28H,4,9-12H2,1-3H3. The van der Waals surface area contributed by atoms with Gasteiger partial charge in [0.2, 0.25) is 0 Å². The molecule has 1 fully saturated rings. The van der Waals surface area contributed by atoms with Gasteiger partial charge >= 0.3 is 0 Å². The van der Waals surface area contributed by atoms with Gasteiger partial charge in [0.05, 0.1) is 11.4 Å². The van der Waals surface area contributed by atoms with Crippen LogP contribution in [0.15, 0.2) is 36.5 Å². The number of thiazole rings is 1. The second-order valence-corrected chi connectivity index (χ2v) is 9.40. The SMILES string of the molecule is CCc1nc2cc(F)c(N3CCNCC3)cn2c1N(C)c1nc(-c2ccc(C)cc2)c(C#N)s1. The Labute approximate surface area is 202 Å². The Bertz CT molecular complexity index is 1380. The van der Waals surface area contributed by atoms with Crippen molar-refractivity contribution in [1.82, 2.24) is 19.7 Å². The number of hydrogen-bond donors (Lipinski definition) is 1. The van der Waals surface area contributed by atoms with E-state index in [4.69, 9.17) is 9.97 Å². The summed E-state index contributed by atoms with van der Waals surface area (Å²) in [5, 5.41) is 13.8. The topological polar surface area (TPSA) is 72.5 Å². The molecule has 4 aromatic rings. The maximum absolute atomic E-state index is 15.0. The summed E-state index contributed by atoms with van der Waals surface area (Å²) in [6.45, 7) is 7.22. The van der Waals surface area contributed by atoms with Crippen molar-refractivity contribution in [2.45, 2.75) is 20.3 Å². The van der Waals surface area contributed by atoms with Crippen molar-refractivity contribution in [1.29, 1.82) is 5.26 Å². The molecule has 1 N–H and O–H groups in total. The van der Waals surface area contributed by atoms with E-state index < -0.39 is 0 Å². The molecular weight excluding hydrogens is 449 g/mol. The van der Waals surface area contributed by atoms with Gasteiger partial charge in [-0.3, -0.25) is 4.40 Å². The number of fused-ring (bicyclic) bond motifs is 1. The van der Waals surface area contributed by atoms with Crippen LogP contribution in [0.5, 0.6) is 0 Å². The Morgan fingerprint density at radius 2 is 1.94 bits per heavy atom. The van der Waals surface area contributed by atoms with Crippen molar-refractivity contribution in [3.05, 3.63) is 58.5 Å². The molecule has 1 aromatic carbocycles. The highest BCUT2D eigenvalue weighted by atomic mass is 32.1. The maximum Gasteiger partial charge on any atom is 0.192 e. The molecule has 0 saturated carbocycles. The van der Waals surface area contributed by atoms with E-state index >= 15 is 4.39 Å². The first-order valence-electron chi connectivity index (χ1n) is 11.4. The largest absolute Gasteiger partial charge is 0.365 e. The number of rotatable bonds is 5. The van der Waals surface area contributed by atoms with Crippen molar-refractivity contribution in [3.63, 3.8) is 0 Å². The minimum atomic E-state index is -0.265. The number of hydrogen-bond acceptors (Lipinski definition) is 7. The fraction of sp³-hybridized carbons (Fsp3) is 0.320. The first-order chi connectivity index (χ1) is 16.5. The Hall–Kier alpha value is -3.48. The predicted octanol–water partition coefficient (Wildman–Crippen LogP) is 4.52. The zero-order chi connectivity index (χ0) is 23.8. The van der Waals surface area contributed by atoms with Crippen molar-refractivity contribution in [3.8, 4) is 17.3 Å². The molecule has 4 heterocycles. The van der Waals surface area contributed by atoms with Crippen LogP contribution in [0, 0.1) is 24.1 Å². The Morgan fingerprint density at radius 1 is 1.21 bits per heavy atom. The maximum atomic E-state index is 15.0. The fourth-order valence-electron chi connectivity index (χ4n) is 4.35. The van der Waals surface area contributed by atoms with Crippen LogP contribution in [0.3, 0.4) is 0 Å². The third-order valence-electron chi connectivity index (χ3n) is 6.17. The molecule has 0 bridgehead atoms. The quantitative estimate of drug-likeness (QED) is 0.458. The highest BCUT2D eigenvalue weighted by molar-refractivity contribution is 7.16. The third kappa shape index (κ3) is 3.89. The molecule has 174 valence electrons. The zero-order valence-corrected chi connectivity index (χ0v) is 20.3. The van der Waals surface area contributed by atoms with Crippen molar-refractivity contribution in [2.24, 2.45) is 0 Å². The van der Waals surface area contributed by atoms with Crippen LogP contribution >= 0.6 is 11.3 Å². The Kier molecular flexibility index (Phi) is 5.94. The average Bonchev–Trinajstić information content (AvgIpc) is 3.45. The lowest BCUT2D eigenvalue weighted by atomic mass is 10.1. The molecule has 0 unspecified atom stereocenters. The van der Waals surface area contributed by atoms with Gasteiger partial charge in [-0.25, -0.2) is 14.4 Å².